The van der Waals surface area contributed by atoms with E-state index in [0.29, 0.717) is 17.7 Å². The number of rotatable bonds is 6. The first-order valence-electron chi connectivity index (χ1n) is 11.4. The molecule has 156 valence electrons. The summed E-state index contributed by atoms with van der Waals surface area (Å²) in [6.45, 7) is 5.00. The summed E-state index contributed by atoms with van der Waals surface area (Å²) >= 11 is 0. The Morgan fingerprint density at radius 1 is 1.03 bits per heavy atom. The van der Waals surface area contributed by atoms with Gasteiger partial charge in [0.25, 0.3) is 0 Å². The van der Waals surface area contributed by atoms with Gasteiger partial charge in [0.15, 0.2) is 0 Å². The summed E-state index contributed by atoms with van der Waals surface area (Å²) in [5.74, 6) is 2.77. The van der Waals surface area contributed by atoms with E-state index in [0.717, 1.165) is 56.7 Å². The minimum atomic E-state index is 0.403. The lowest BCUT2D eigenvalue weighted by Gasteiger charge is -2.33. The Labute approximate surface area is 174 Å². The Morgan fingerprint density at radius 2 is 1.76 bits per heavy atom. The van der Waals surface area contributed by atoms with Crippen LogP contribution in [0.1, 0.15) is 63.5 Å². The summed E-state index contributed by atoms with van der Waals surface area (Å²) in [7, 11) is 0. The number of aryl methyl sites for hydroxylation is 1. The fraction of sp³-hybridized carbons (Fsp3) is 0.625. The lowest BCUT2D eigenvalue weighted by atomic mass is 9.86. The van der Waals surface area contributed by atoms with E-state index in [1.54, 1.807) is 0 Å². The minimum absolute atomic E-state index is 0.403. The zero-order valence-electron chi connectivity index (χ0n) is 17.7. The van der Waals surface area contributed by atoms with Crippen LogP contribution in [-0.4, -0.2) is 38.4 Å². The Hall–Kier alpha value is -2.17. The van der Waals surface area contributed by atoms with Crippen LogP contribution >= 0.6 is 0 Å². The zero-order chi connectivity index (χ0) is 20.1. The largest absolute Gasteiger partial charge is 0.343 e. The number of aromatic nitrogens is 3. The molecule has 29 heavy (non-hydrogen) atoms. The zero-order valence-corrected chi connectivity index (χ0v) is 17.7. The number of nitrogens with zero attached hydrogens (tertiary/aromatic N) is 4. The van der Waals surface area contributed by atoms with E-state index >= 15 is 0 Å². The van der Waals surface area contributed by atoms with Crippen molar-refractivity contribution >= 4 is 5.91 Å². The molecule has 1 aliphatic carbocycles. The van der Waals surface area contributed by atoms with Crippen LogP contribution in [-0.2, 0) is 11.3 Å². The third kappa shape index (κ3) is 5.06. The second-order valence-electron chi connectivity index (χ2n) is 8.93. The fourth-order valence-corrected chi connectivity index (χ4v) is 5.02. The number of pyridine rings is 1. The summed E-state index contributed by atoms with van der Waals surface area (Å²) < 4.78 is 2.33. The van der Waals surface area contributed by atoms with Crippen LogP contribution in [0.25, 0.3) is 11.4 Å². The normalized spacial score (nSPS) is 18.9. The second-order valence-corrected chi connectivity index (χ2v) is 8.93. The molecule has 0 bridgehead atoms. The van der Waals surface area contributed by atoms with E-state index < -0.39 is 0 Å². The molecule has 1 saturated carbocycles. The predicted octanol–water partition coefficient (Wildman–Crippen LogP) is 4.85. The van der Waals surface area contributed by atoms with Gasteiger partial charge >= 0.3 is 0 Å². The maximum absolute atomic E-state index is 12.7. The topological polar surface area (TPSA) is 51.0 Å². The van der Waals surface area contributed by atoms with Gasteiger partial charge in [-0.3, -0.25) is 9.78 Å². The maximum atomic E-state index is 12.7. The molecule has 0 spiro atoms. The van der Waals surface area contributed by atoms with Gasteiger partial charge in [0.2, 0.25) is 5.91 Å². The Bertz CT molecular complexity index is 786. The molecule has 0 atom stereocenters. The Balaban J connectivity index is 1.26. The number of piperidine rings is 1. The van der Waals surface area contributed by atoms with Gasteiger partial charge in [-0.2, -0.15) is 0 Å². The van der Waals surface area contributed by atoms with Crippen molar-refractivity contribution in [1.29, 1.82) is 0 Å². The van der Waals surface area contributed by atoms with Crippen molar-refractivity contribution in [3.63, 3.8) is 0 Å². The third-order valence-corrected chi connectivity index (χ3v) is 6.91. The molecule has 2 aromatic heterocycles. The highest BCUT2D eigenvalue weighted by molar-refractivity contribution is 5.76. The van der Waals surface area contributed by atoms with Crippen LogP contribution in [0.5, 0.6) is 0 Å². The maximum Gasteiger partial charge on any atom is 0.222 e. The average Bonchev–Trinajstić information content (AvgIpc) is 3.14. The molecule has 0 aromatic carbocycles. The first-order valence-corrected chi connectivity index (χ1v) is 11.4. The average molecular weight is 395 g/mol. The van der Waals surface area contributed by atoms with Crippen molar-refractivity contribution < 1.29 is 4.79 Å². The second kappa shape index (κ2) is 9.55. The van der Waals surface area contributed by atoms with Crippen LogP contribution in [0.15, 0.2) is 30.7 Å². The lowest BCUT2D eigenvalue weighted by molar-refractivity contribution is -0.133. The molecular weight excluding hydrogens is 360 g/mol. The van der Waals surface area contributed by atoms with Crippen LogP contribution < -0.4 is 0 Å². The van der Waals surface area contributed by atoms with Crippen molar-refractivity contribution in [3.05, 3.63) is 36.4 Å². The number of carbonyl (C=O) groups is 1. The molecular formula is C24H34N4O. The highest BCUT2D eigenvalue weighted by Gasteiger charge is 2.25. The molecule has 2 fully saturated rings. The molecule has 2 aliphatic rings. The van der Waals surface area contributed by atoms with Gasteiger partial charge in [-0.05, 0) is 63.0 Å². The van der Waals surface area contributed by atoms with Gasteiger partial charge < -0.3 is 9.47 Å². The molecule has 1 saturated heterocycles. The Morgan fingerprint density at radius 3 is 2.48 bits per heavy atom. The molecule has 5 heteroatoms. The van der Waals surface area contributed by atoms with Crippen molar-refractivity contribution in [2.45, 2.75) is 71.3 Å². The highest BCUT2D eigenvalue weighted by atomic mass is 16.2. The smallest absolute Gasteiger partial charge is 0.222 e. The molecule has 2 aromatic rings. The molecule has 1 amide bonds. The first-order chi connectivity index (χ1) is 14.2. The SMILES string of the molecule is Cc1cnc(-c2ccncc2)n1CCC1CCN(C(=O)CC2CCCCC2)CC1. The van der Waals surface area contributed by atoms with Gasteiger partial charge in [-0.15, -0.1) is 0 Å². The highest BCUT2D eigenvalue weighted by Crippen LogP contribution is 2.29. The van der Waals surface area contributed by atoms with Gasteiger partial charge in [0, 0.05) is 55.9 Å². The van der Waals surface area contributed by atoms with Crippen molar-refractivity contribution in [2.24, 2.45) is 11.8 Å². The van der Waals surface area contributed by atoms with E-state index in [1.165, 1.54) is 37.8 Å². The van der Waals surface area contributed by atoms with E-state index in [2.05, 4.69) is 26.4 Å². The fourth-order valence-electron chi connectivity index (χ4n) is 5.02. The predicted molar refractivity (Wildman–Crippen MR) is 115 cm³/mol. The minimum Gasteiger partial charge on any atom is -0.343 e. The number of carbonyl (C=O) groups excluding carboxylic acids is 1. The van der Waals surface area contributed by atoms with Crippen molar-refractivity contribution in [3.8, 4) is 11.4 Å². The molecule has 0 N–H and O–H groups in total. The van der Waals surface area contributed by atoms with Crippen molar-refractivity contribution in [2.75, 3.05) is 13.1 Å². The van der Waals surface area contributed by atoms with Gasteiger partial charge in [0.1, 0.15) is 5.82 Å². The Kier molecular flexibility index (Phi) is 6.63. The lowest BCUT2D eigenvalue weighted by Crippen LogP contribution is -2.39. The van der Waals surface area contributed by atoms with Crippen LogP contribution in [0.4, 0.5) is 0 Å². The van der Waals surface area contributed by atoms with E-state index in [9.17, 15) is 4.79 Å². The summed E-state index contributed by atoms with van der Waals surface area (Å²) in [6.07, 6.45) is 16.3. The summed E-state index contributed by atoms with van der Waals surface area (Å²) in [6, 6.07) is 4.05. The van der Waals surface area contributed by atoms with E-state index in [1.807, 2.05) is 30.7 Å². The number of likely N-dealkylation sites (tertiary alicyclic amines) is 1. The van der Waals surface area contributed by atoms with Crippen LogP contribution in [0, 0.1) is 18.8 Å². The van der Waals surface area contributed by atoms with E-state index in [-0.39, 0.29) is 0 Å². The van der Waals surface area contributed by atoms with Crippen LogP contribution in [0.2, 0.25) is 0 Å². The number of amides is 1. The third-order valence-electron chi connectivity index (χ3n) is 6.91. The number of hydrogen-bond acceptors (Lipinski definition) is 3. The molecule has 0 radical (unpaired) electrons. The van der Waals surface area contributed by atoms with Gasteiger partial charge in [0.05, 0.1) is 0 Å². The van der Waals surface area contributed by atoms with Crippen molar-refractivity contribution in [1.82, 2.24) is 19.4 Å². The molecule has 0 unspecified atom stereocenters. The van der Waals surface area contributed by atoms with Crippen LogP contribution in [0.3, 0.4) is 0 Å². The van der Waals surface area contributed by atoms with Gasteiger partial charge in [-0.1, -0.05) is 19.3 Å². The molecule has 4 rings (SSSR count). The monoisotopic (exact) mass is 394 g/mol. The van der Waals surface area contributed by atoms with Gasteiger partial charge in [-0.25, -0.2) is 4.98 Å². The number of imidazole rings is 1. The van der Waals surface area contributed by atoms with E-state index in [4.69, 9.17) is 0 Å². The summed E-state index contributed by atoms with van der Waals surface area (Å²) in [5.41, 5.74) is 2.33. The molecule has 1 aliphatic heterocycles. The summed E-state index contributed by atoms with van der Waals surface area (Å²) in [5, 5.41) is 0. The standard InChI is InChI=1S/C24H34N4O/c1-19-18-26-24(22-7-12-25-13-8-22)28(19)16-11-20-9-14-27(15-10-20)23(29)17-21-5-3-2-4-6-21/h7-8,12-13,18,20-21H,2-6,9-11,14-17H2,1H3. The first kappa shape index (κ1) is 20.1. The summed E-state index contributed by atoms with van der Waals surface area (Å²) in [4.78, 5) is 23.5. The quantitative estimate of drug-likeness (QED) is 0.703. The number of hydrogen-bond donors (Lipinski definition) is 0. The molecule has 3 heterocycles. The molecule has 5 nitrogen and oxygen atoms in total.